The lowest BCUT2D eigenvalue weighted by molar-refractivity contribution is 0.00578. The molecule has 20 heteroatoms. The number of likely N-dealkylation sites (N-methyl/N-ethyl adjacent to an activating group) is 2. The van der Waals surface area contributed by atoms with Crippen LogP contribution in [0.1, 0.15) is 116 Å². The summed E-state index contributed by atoms with van der Waals surface area (Å²) in [5.41, 5.74) is 6.17. The zero-order chi connectivity index (χ0) is 57.6. The minimum absolute atomic E-state index is 0.297. The van der Waals surface area contributed by atoms with Crippen LogP contribution in [-0.4, -0.2) is 163 Å². The number of ether oxygens (including phenoxy) is 2. The van der Waals surface area contributed by atoms with Crippen molar-refractivity contribution >= 4 is 54.7 Å². The molecule has 0 saturated carbocycles. The van der Waals surface area contributed by atoms with Gasteiger partial charge in [-0.2, -0.15) is 0 Å². The Morgan fingerprint density at radius 1 is 0.450 bits per heavy atom. The molecule has 4 aromatic carbocycles. The Morgan fingerprint density at radius 3 is 1.14 bits per heavy atom. The van der Waals surface area contributed by atoms with Crippen LogP contribution >= 0.6 is 15.9 Å². The lowest BCUT2D eigenvalue weighted by Crippen LogP contribution is -2.43. The molecule has 0 atom stereocenters. The summed E-state index contributed by atoms with van der Waals surface area (Å²) in [5.74, 6) is 1.08. The number of piperazine rings is 2. The van der Waals surface area contributed by atoms with Crippen LogP contribution < -0.4 is 14.9 Å². The molecule has 5 fully saturated rings. The SMILES string of the molecule is CC1(C)OB(B2OC(C)(C)C(C)(C)O2)OC1(C)C.CN1CCN(Cc2ccc3c(c2)CN(C(=O)Oc2ccc(B4OC(C)(C)C(C)(C)O4)cc2)C3)CC1.CN1CCN(Cc2ccc3c(c2)CN(C(=O)Oc2ccc(Br)cc2)C3)CC1. The van der Waals surface area contributed by atoms with Gasteiger partial charge in [0.2, 0.25) is 0 Å². The van der Waals surface area contributed by atoms with E-state index in [2.05, 4.69) is 86.0 Å². The Bertz CT molecular complexity index is 2740. The van der Waals surface area contributed by atoms with Crippen molar-refractivity contribution in [3.8, 4) is 11.5 Å². The lowest BCUT2D eigenvalue weighted by atomic mass is 9.49. The molecule has 0 spiro atoms. The van der Waals surface area contributed by atoms with Gasteiger partial charge in [0, 0.05) is 96.1 Å². The summed E-state index contributed by atoms with van der Waals surface area (Å²) in [6.45, 7) is 37.6. The van der Waals surface area contributed by atoms with Crippen LogP contribution in [0.25, 0.3) is 0 Å². The van der Waals surface area contributed by atoms with E-state index >= 15 is 0 Å². The first kappa shape index (κ1) is 60.3. The smallest absolute Gasteiger partial charge is 0.410 e. The zero-order valence-corrected chi connectivity index (χ0v) is 51.4. The van der Waals surface area contributed by atoms with Crippen LogP contribution in [0, 0.1) is 0 Å². The van der Waals surface area contributed by atoms with E-state index < -0.39 is 32.3 Å². The minimum atomic E-state index is -0.476. The number of carbonyl (C=O) groups is 2. The summed E-state index contributed by atoms with van der Waals surface area (Å²) >= 11 is 3.39. The number of nitrogens with zero attached hydrogens (tertiary/aromatic N) is 6. The number of amides is 2. The summed E-state index contributed by atoms with van der Waals surface area (Å²) in [4.78, 5) is 38.6. The number of carbonyl (C=O) groups excluding carboxylic acids is 2. The lowest BCUT2D eigenvalue weighted by Gasteiger charge is -2.32. The average Bonchev–Trinajstić information content (AvgIpc) is 4.20. The second-order valence-electron chi connectivity index (χ2n) is 25.7. The molecule has 80 heavy (non-hydrogen) atoms. The molecule has 11 rings (SSSR count). The van der Waals surface area contributed by atoms with E-state index in [1.807, 2.05) is 107 Å². The van der Waals surface area contributed by atoms with E-state index in [9.17, 15) is 9.59 Å². The number of hydrogen-bond donors (Lipinski definition) is 0. The second-order valence-corrected chi connectivity index (χ2v) is 26.6. The van der Waals surface area contributed by atoms with Gasteiger partial charge in [-0.3, -0.25) is 19.6 Å². The zero-order valence-electron chi connectivity index (χ0n) is 49.9. The van der Waals surface area contributed by atoms with Gasteiger partial charge >= 0.3 is 33.3 Å². The Kier molecular flexibility index (Phi) is 17.9. The molecule has 0 bridgehead atoms. The number of halogens is 1. The fourth-order valence-electron chi connectivity index (χ4n) is 10.4. The van der Waals surface area contributed by atoms with E-state index in [0.717, 1.165) is 75.4 Å². The molecule has 16 nitrogen and oxygen atoms in total. The summed E-state index contributed by atoms with van der Waals surface area (Å²) in [7, 11) is 2.97. The van der Waals surface area contributed by atoms with Crippen molar-refractivity contribution in [3.63, 3.8) is 0 Å². The van der Waals surface area contributed by atoms with Crippen LogP contribution in [0.3, 0.4) is 0 Å². The van der Waals surface area contributed by atoms with Gasteiger partial charge in [0.1, 0.15) is 11.5 Å². The number of fused-ring (bicyclic) bond motifs is 2. The Balaban J connectivity index is 0.000000153. The van der Waals surface area contributed by atoms with E-state index in [0.29, 0.717) is 37.7 Å². The molecule has 430 valence electrons. The fraction of sp³-hybridized carbons (Fsp3) is 0.567. The normalized spacial score (nSPS) is 22.8. The van der Waals surface area contributed by atoms with Crippen molar-refractivity contribution in [2.24, 2.45) is 0 Å². The maximum Gasteiger partial charge on any atom is 0.494 e. The second kappa shape index (κ2) is 23.7. The van der Waals surface area contributed by atoms with Crippen LogP contribution in [0.2, 0.25) is 0 Å². The molecule has 0 unspecified atom stereocenters. The van der Waals surface area contributed by atoms with Crippen molar-refractivity contribution in [2.45, 2.75) is 156 Å². The first-order valence-corrected chi connectivity index (χ1v) is 29.2. The monoisotopic (exact) mass is 1160 g/mol. The molecule has 0 radical (unpaired) electrons. The number of rotatable bonds is 8. The number of hydrogen-bond acceptors (Lipinski definition) is 14. The highest BCUT2D eigenvalue weighted by Gasteiger charge is 2.64. The maximum absolute atomic E-state index is 12.9. The van der Waals surface area contributed by atoms with Crippen LogP contribution in [-0.2, 0) is 67.2 Å². The van der Waals surface area contributed by atoms with Crippen molar-refractivity contribution in [3.05, 3.63) is 123 Å². The van der Waals surface area contributed by atoms with E-state index in [4.69, 9.17) is 37.4 Å². The summed E-state index contributed by atoms with van der Waals surface area (Å²) in [5, 5.41) is 0. The summed E-state index contributed by atoms with van der Waals surface area (Å²) < 4.78 is 48.2. The Labute approximate surface area is 485 Å². The topological polar surface area (TPSA) is 127 Å². The van der Waals surface area contributed by atoms with Crippen LogP contribution in [0.5, 0.6) is 11.5 Å². The molecular formula is C60H84B3BrN6O10. The highest BCUT2D eigenvalue weighted by atomic mass is 79.9. The van der Waals surface area contributed by atoms with Crippen molar-refractivity contribution in [1.82, 2.24) is 29.4 Å². The largest absolute Gasteiger partial charge is 0.494 e. The molecule has 7 heterocycles. The van der Waals surface area contributed by atoms with Crippen LogP contribution in [0.4, 0.5) is 9.59 Å². The third-order valence-corrected chi connectivity index (χ3v) is 18.4. The molecule has 4 aromatic rings. The number of benzene rings is 4. The molecule has 0 aliphatic carbocycles. The van der Waals surface area contributed by atoms with E-state index in [1.54, 1.807) is 34.1 Å². The predicted molar refractivity (Wildman–Crippen MR) is 317 cm³/mol. The molecule has 2 amide bonds. The minimum Gasteiger partial charge on any atom is -0.410 e. The van der Waals surface area contributed by atoms with Crippen molar-refractivity contribution < 1.29 is 47.0 Å². The van der Waals surface area contributed by atoms with Gasteiger partial charge in [-0.05, 0) is 172 Å². The van der Waals surface area contributed by atoms with Crippen molar-refractivity contribution in [1.29, 1.82) is 0 Å². The van der Waals surface area contributed by atoms with Gasteiger partial charge in [-0.1, -0.05) is 64.5 Å². The maximum atomic E-state index is 12.9. The quantitative estimate of drug-likeness (QED) is 0.156. The van der Waals surface area contributed by atoms with Gasteiger partial charge in [-0.25, -0.2) is 9.59 Å². The first-order chi connectivity index (χ1) is 37.5. The predicted octanol–water partition coefficient (Wildman–Crippen LogP) is 9.21. The standard InChI is InChI=1S/C27H36BN3O4.C21H24BrN3O2.C12H24B2O4/c1-26(2)27(3,4)35-28(34-26)23-8-10-24(11-9-23)33-25(32)31-18-21-7-6-20(16-22(21)19-31)17-30-14-12-29(5)13-15-30;1-23-8-10-24(11-9-23)13-16-2-3-17-14-25(15-18(17)12-16)21(26)27-20-6-4-19(22)5-7-20;1-9(2)10(3,4)16-13(15-9)14-17-11(5,6)12(7,8)18-14/h6-11,16H,12-15,17-19H2,1-5H3;2-7,12H,8-11,13-15H2,1H3;1-8H3. The van der Waals surface area contributed by atoms with Gasteiger partial charge < -0.3 is 47.2 Å². The fourth-order valence-corrected chi connectivity index (χ4v) is 10.6. The van der Waals surface area contributed by atoms with Crippen molar-refractivity contribution in [2.75, 3.05) is 66.5 Å². The van der Waals surface area contributed by atoms with Gasteiger partial charge in [-0.15, -0.1) is 0 Å². The van der Waals surface area contributed by atoms with Gasteiger partial charge in [0.05, 0.1) is 33.6 Å². The summed E-state index contributed by atoms with van der Waals surface area (Å²) in [6.07, 6.45) is -0.626. The molecule has 7 aliphatic heterocycles. The molecule has 0 aromatic heterocycles. The highest BCUT2D eigenvalue weighted by molar-refractivity contribution is 9.10. The third kappa shape index (κ3) is 14.0. The Morgan fingerprint density at radius 2 is 0.775 bits per heavy atom. The molecule has 7 aliphatic rings. The van der Waals surface area contributed by atoms with E-state index in [1.165, 1.54) is 33.4 Å². The average molecular weight is 1160 g/mol. The molecular weight excluding hydrogens is 1080 g/mol. The first-order valence-electron chi connectivity index (χ1n) is 28.4. The van der Waals surface area contributed by atoms with Gasteiger partial charge in [0.25, 0.3) is 0 Å². The summed E-state index contributed by atoms with van der Waals surface area (Å²) in [6, 6.07) is 27.9. The van der Waals surface area contributed by atoms with Gasteiger partial charge in [0.15, 0.2) is 0 Å². The van der Waals surface area contributed by atoms with Crippen LogP contribution in [0.15, 0.2) is 89.4 Å². The third-order valence-electron chi connectivity index (χ3n) is 17.9. The highest BCUT2D eigenvalue weighted by Crippen LogP contribution is 2.43. The Hall–Kier alpha value is -4.31. The van der Waals surface area contributed by atoms with E-state index in [-0.39, 0.29) is 34.6 Å². The molecule has 5 saturated heterocycles. The molecule has 0 N–H and O–H groups in total.